The summed E-state index contributed by atoms with van der Waals surface area (Å²) in [5, 5.41) is 60.4. The summed E-state index contributed by atoms with van der Waals surface area (Å²) in [6.07, 6.45) is -9.08. The van der Waals surface area contributed by atoms with Crippen LogP contribution in [-0.4, -0.2) is 73.9 Å². The largest absolute Gasteiger partial charge is 0.508 e. The molecule has 1 fully saturated rings. The molecule has 186 valence electrons. The molecule has 3 aromatic rings. The van der Waals surface area contributed by atoms with E-state index in [9.17, 15) is 40.2 Å². The number of aliphatic hydroxyl groups excluding tert-OH is 3. The van der Waals surface area contributed by atoms with Crippen LogP contribution in [0.15, 0.2) is 45.6 Å². The van der Waals surface area contributed by atoms with Gasteiger partial charge in [-0.3, -0.25) is 4.79 Å². The van der Waals surface area contributed by atoms with Crippen molar-refractivity contribution in [2.75, 3.05) is 6.61 Å². The molecule has 12 nitrogen and oxygen atoms in total. The van der Waals surface area contributed by atoms with Crippen LogP contribution in [0.1, 0.15) is 6.92 Å². The lowest BCUT2D eigenvalue weighted by Crippen LogP contribution is -2.61. The number of phenolic OH excluding ortho intramolecular Hbond substituents is 3. The van der Waals surface area contributed by atoms with Crippen LogP contribution < -0.4 is 10.2 Å². The summed E-state index contributed by atoms with van der Waals surface area (Å²) in [5.74, 6) is -3.24. The maximum absolute atomic E-state index is 12.6. The second kappa shape index (κ2) is 9.43. The first-order chi connectivity index (χ1) is 16.6. The van der Waals surface area contributed by atoms with E-state index in [2.05, 4.69) is 0 Å². The molecule has 0 saturated carbocycles. The summed E-state index contributed by atoms with van der Waals surface area (Å²) in [6.45, 7) is 1.47. The van der Waals surface area contributed by atoms with Gasteiger partial charge in [0.15, 0.2) is 23.0 Å². The van der Waals surface area contributed by atoms with Crippen LogP contribution in [0.4, 0.5) is 0 Å². The van der Waals surface area contributed by atoms with Gasteiger partial charge in [0, 0.05) is 17.7 Å². The molecule has 1 aliphatic heterocycles. The third-order valence-electron chi connectivity index (χ3n) is 5.42. The summed E-state index contributed by atoms with van der Waals surface area (Å²) in [7, 11) is 0. The van der Waals surface area contributed by atoms with Gasteiger partial charge in [0.2, 0.25) is 12.0 Å². The topological polar surface area (TPSA) is 196 Å². The normalized spacial score (nSPS) is 24.3. The number of aromatic hydroxyl groups is 3. The van der Waals surface area contributed by atoms with Crippen molar-refractivity contribution < 1.29 is 54.1 Å². The Kier molecular flexibility index (Phi) is 6.54. The van der Waals surface area contributed by atoms with Gasteiger partial charge < -0.3 is 49.3 Å². The number of carbonyl (C=O) groups excluding carboxylic acids is 1. The number of fused-ring (bicyclic) bond motifs is 1. The second-order valence-electron chi connectivity index (χ2n) is 7.73. The molecule has 0 radical (unpaired) electrons. The molecule has 4 rings (SSSR count). The Morgan fingerprint density at radius 1 is 0.971 bits per heavy atom. The molecule has 2 aromatic carbocycles. The summed E-state index contributed by atoms with van der Waals surface area (Å²) in [4.78, 5) is 24.7. The Hall–Kier alpha value is -3.84. The number of benzene rings is 2. The van der Waals surface area contributed by atoms with E-state index < -0.39 is 59.4 Å². The first-order valence-electron chi connectivity index (χ1n) is 10.5. The van der Waals surface area contributed by atoms with Crippen LogP contribution in [0.3, 0.4) is 0 Å². The maximum Gasteiger partial charge on any atom is 0.338 e. The molecule has 0 aliphatic carbocycles. The van der Waals surface area contributed by atoms with Gasteiger partial charge in [0.05, 0.1) is 6.61 Å². The number of phenols is 3. The Morgan fingerprint density at radius 3 is 2.31 bits per heavy atom. The van der Waals surface area contributed by atoms with Gasteiger partial charge in [0.25, 0.3) is 0 Å². The summed E-state index contributed by atoms with van der Waals surface area (Å²) >= 11 is 0. The molecule has 12 heteroatoms. The highest BCUT2D eigenvalue weighted by atomic mass is 16.7. The van der Waals surface area contributed by atoms with Gasteiger partial charge in [-0.15, -0.1) is 0 Å². The highest BCUT2D eigenvalue weighted by Gasteiger charge is 2.49. The summed E-state index contributed by atoms with van der Waals surface area (Å²) < 4.78 is 21.2. The SMILES string of the molecule is CCOC(=O)[C@H]1O[C@@H](Oc2cc3oc(-c4ccc(O)cc4)cc(=O)c3c(O)c2O)[C@H](O)[C@@H](O)[C@@H]1O. The quantitative estimate of drug-likeness (QED) is 0.212. The fourth-order valence-electron chi connectivity index (χ4n) is 3.62. The minimum atomic E-state index is -1.88. The molecule has 0 spiro atoms. The number of carbonyl (C=O) groups is 1. The lowest BCUT2D eigenvalue weighted by Gasteiger charge is -2.39. The zero-order valence-corrected chi connectivity index (χ0v) is 18.2. The van der Waals surface area contributed by atoms with Gasteiger partial charge in [0.1, 0.15) is 40.8 Å². The van der Waals surface area contributed by atoms with E-state index in [0.29, 0.717) is 5.56 Å². The van der Waals surface area contributed by atoms with Gasteiger partial charge >= 0.3 is 5.97 Å². The fraction of sp³-hybridized carbons (Fsp3) is 0.304. The maximum atomic E-state index is 12.6. The number of ether oxygens (including phenoxy) is 3. The number of hydrogen-bond acceptors (Lipinski definition) is 12. The van der Waals surface area contributed by atoms with Crippen LogP contribution in [0, 0.1) is 0 Å². The lowest BCUT2D eigenvalue weighted by molar-refractivity contribution is -0.272. The predicted molar refractivity (Wildman–Crippen MR) is 117 cm³/mol. The predicted octanol–water partition coefficient (Wildman–Crippen LogP) is 0.326. The van der Waals surface area contributed by atoms with Crippen molar-refractivity contribution in [3.63, 3.8) is 0 Å². The van der Waals surface area contributed by atoms with E-state index in [1.165, 1.54) is 31.2 Å². The molecule has 5 atom stereocenters. The Bertz CT molecular complexity index is 1300. The second-order valence-corrected chi connectivity index (χ2v) is 7.73. The van der Waals surface area contributed by atoms with E-state index in [1.807, 2.05) is 0 Å². The minimum absolute atomic E-state index is 0.00499. The highest BCUT2D eigenvalue weighted by molar-refractivity contribution is 5.89. The van der Waals surface area contributed by atoms with Crippen molar-refractivity contribution in [2.24, 2.45) is 0 Å². The Morgan fingerprint density at radius 2 is 1.66 bits per heavy atom. The first-order valence-corrected chi connectivity index (χ1v) is 10.5. The molecule has 1 saturated heterocycles. The van der Waals surface area contributed by atoms with E-state index >= 15 is 0 Å². The summed E-state index contributed by atoms with van der Waals surface area (Å²) in [6, 6.07) is 7.87. The fourth-order valence-corrected chi connectivity index (χ4v) is 3.62. The molecule has 0 unspecified atom stereocenters. The van der Waals surface area contributed by atoms with Crippen LogP contribution in [0.5, 0.6) is 23.0 Å². The van der Waals surface area contributed by atoms with Crippen molar-refractivity contribution in [1.29, 1.82) is 0 Å². The van der Waals surface area contributed by atoms with Crippen molar-refractivity contribution in [2.45, 2.75) is 37.6 Å². The molecule has 35 heavy (non-hydrogen) atoms. The molecular formula is C23H22O12. The molecule has 2 heterocycles. The smallest absolute Gasteiger partial charge is 0.338 e. The Balaban J connectivity index is 1.73. The average molecular weight is 490 g/mol. The molecule has 0 amide bonds. The zero-order chi connectivity index (χ0) is 25.4. The number of rotatable bonds is 5. The third-order valence-corrected chi connectivity index (χ3v) is 5.42. The molecule has 1 aliphatic rings. The monoisotopic (exact) mass is 490 g/mol. The van der Waals surface area contributed by atoms with Crippen molar-refractivity contribution >= 4 is 16.9 Å². The van der Waals surface area contributed by atoms with Crippen LogP contribution >= 0.6 is 0 Å². The van der Waals surface area contributed by atoms with Crippen molar-refractivity contribution in [3.05, 3.63) is 46.6 Å². The van der Waals surface area contributed by atoms with E-state index in [1.54, 1.807) is 0 Å². The average Bonchev–Trinajstić information content (AvgIpc) is 2.82. The number of hydrogen-bond donors (Lipinski definition) is 6. The molecule has 6 N–H and O–H groups in total. The molecule has 0 bridgehead atoms. The van der Waals surface area contributed by atoms with Gasteiger partial charge in [-0.2, -0.15) is 0 Å². The van der Waals surface area contributed by atoms with Gasteiger partial charge in [-0.1, -0.05) is 0 Å². The van der Waals surface area contributed by atoms with Crippen molar-refractivity contribution in [3.8, 4) is 34.3 Å². The van der Waals surface area contributed by atoms with E-state index in [0.717, 1.165) is 12.1 Å². The van der Waals surface area contributed by atoms with Crippen molar-refractivity contribution in [1.82, 2.24) is 0 Å². The van der Waals surface area contributed by atoms with Gasteiger partial charge in [-0.25, -0.2) is 4.79 Å². The molecule has 1 aromatic heterocycles. The summed E-state index contributed by atoms with van der Waals surface area (Å²) in [5.41, 5.74) is -0.473. The van der Waals surface area contributed by atoms with Crippen LogP contribution in [0.2, 0.25) is 0 Å². The number of esters is 1. The van der Waals surface area contributed by atoms with E-state index in [4.69, 9.17) is 18.6 Å². The minimum Gasteiger partial charge on any atom is -0.508 e. The standard InChI is InChI=1S/C23H22O12/c1-2-32-22(31)21-19(29)18(28)20(30)23(35-21)34-14-8-13-15(17(27)16(14)26)11(25)7-12(33-13)9-3-5-10(24)6-4-9/h3-8,18-21,23-24,26-30H,2H2,1H3/t18-,19-,20+,21-,23+/m0/s1. The molecular weight excluding hydrogens is 468 g/mol. The Labute approximate surface area is 196 Å². The van der Waals surface area contributed by atoms with Crippen LogP contribution in [-0.2, 0) is 14.3 Å². The lowest BCUT2D eigenvalue weighted by atomic mass is 9.99. The van der Waals surface area contributed by atoms with E-state index in [-0.39, 0.29) is 29.1 Å². The highest BCUT2D eigenvalue weighted by Crippen LogP contribution is 2.42. The zero-order valence-electron chi connectivity index (χ0n) is 18.2. The first kappa shape index (κ1) is 24.3. The number of aliphatic hydroxyl groups is 3. The van der Waals surface area contributed by atoms with Gasteiger partial charge in [-0.05, 0) is 31.2 Å². The third kappa shape index (κ3) is 4.47. The van der Waals surface area contributed by atoms with Crippen LogP contribution in [0.25, 0.3) is 22.3 Å².